The number of benzene rings is 2. The summed E-state index contributed by atoms with van der Waals surface area (Å²) < 4.78 is 64.2. The summed E-state index contributed by atoms with van der Waals surface area (Å²) in [5.41, 5.74) is -4.24. The van der Waals surface area contributed by atoms with Gasteiger partial charge in [0.15, 0.2) is 0 Å². The number of amides is 1. The summed E-state index contributed by atoms with van der Waals surface area (Å²) in [6.45, 7) is 0.263. The first kappa shape index (κ1) is 19.1. The van der Waals surface area contributed by atoms with E-state index in [1.165, 1.54) is 6.07 Å². The average molecular weight is 375 g/mol. The van der Waals surface area contributed by atoms with Crippen LogP contribution in [0.2, 0.25) is 0 Å². The van der Waals surface area contributed by atoms with Gasteiger partial charge in [0.2, 0.25) is 5.60 Å². The molecule has 0 fully saturated rings. The van der Waals surface area contributed by atoms with Crippen molar-refractivity contribution in [2.45, 2.75) is 28.5 Å². The number of aliphatic hydroxyl groups is 1. The van der Waals surface area contributed by atoms with E-state index in [1.807, 2.05) is 0 Å². The van der Waals surface area contributed by atoms with Crippen molar-refractivity contribution in [3.05, 3.63) is 54.3 Å². The van der Waals surface area contributed by atoms with Crippen molar-refractivity contribution in [3.8, 4) is 0 Å². The van der Waals surface area contributed by atoms with Gasteiger partial charge in [0.05, 0.1) is 16.5 Å². The summed E-state index contributed by atoms with van der Waals surface area (Å²) in [4.78, 5) is 12.1. The van der Waals surface area contributed by atoms with Gasteiger partial charge in [0.1, 0.15) is 5.82 Å². The molecular weight excluding hydrogens is 362 g/mol. The zero-order chi connectivity index (χ0) is 18.8. The van der Waals surface area contributed by atoms with Crippen LogP contribution < -0.4 is 5.32 Å². The summed E-state index contributed by atoms with van der Waals surface area (Å²) in [5, 5.41) is 10.9. The molecule has 2 rings (SSSR count). The van der Waals surface area contributed by atoms with Crippen LogP contribution in [0.4, 0.5) is 23.2 Å². The van der Waals surface area contributed by atoms with Gasteiger partial charge in [-0.2, -0.15) is 13.2 Å². The first-order valence-corrected chi connectivity index (χ1v) is 8.06. The largest absolute Gasteiger partial charge is 0.426 e. The molecule has 0 saturated heterocycles. The molecule has 134 valence electrons. The third-order valence-corrected chi connectivity index (χ3v) is 4.74. The number of halogens is 4. The number of carbonyl (C=O) groups excluding carboxylic acids is 1. The molecule has 0 heterocycles. The number of hydrogen-bond donors (Lipinski definition) is 2. The van der Waals surface area contributed by atoms with E-state index < -0.39 is 40.0 Å². The van der Waals surface area contributed by atoms with Crippen LogP contribution in [0.15, 0.2) is 58.3 Å². The van der Waals surface area contributed by atoms with Crippen molar-refractivity contribution < 1.29 is 31.7 Å². The van der Waals surface area contributed by atoms with Gasteiger partial charge >= 0.3 is 6.18 Å². The van der Waals surface area contributed by atoms with Crippen LogP contribution >= 0.6 is 0 Å². The number of carbonyl (C=O) groups is 1. The zero-order valence-corrected chi connectivity index (χ0v) is 13.6. The van der Waals surface area contributed by atoms with Gasteiger partial charge < -0.3 is 10.4 Å². The third kappa shape index (κ3) is 4.05. The minimum Gasteiger partial charge on any atom is -0.373 e. The molecule has 2 aromatic rings. The Morgan fingerprint density at radius 2 is 1.68 bits per heavy atom. The maximum absolute atomic E-state index is 14.1. The Hall–Kier alpha value is -2.26. The van der Waals surface area contributed by atoms with E-state index in [1.54, 1.807) is 35.6 Å². The fourth-order valence-corrected chi connectivity index (χ4v) is 2.84. The smallest absolute Gasteiger partial charge is 0.373 e. The number of rotatable bonds is 4. The Labute approximate surface area is 142 Å². The molecule has 4 nitrogen and oxygen atoms in total. The van der Waals surface area contributed by atoms with Crippen molar-refractivity contribution in [1.82, 2.24) is 0 Å². The lowest BCUT2D eigenvalue weighted by atomic mass is 10.1. The van der Waals surface area contributed by atoms with Crippen molar-refractivity contribution in [3.63, 3.8) is 0 Å². The summed E-state index contributed by atoms with van der Waals surface area (Å²) in [6, 6.07) is 11.2. The van der Waals surface area contributed by atoms with E-state index in [0.717, 1.165) is 12.1 Å². The number of nitrogens with one attached hydrogen (secondary N) is 1. The van der Waals surface area contributed by atoms with E-state index in [0.29, 0.717) is 4.90 Å². The van der Waals surface area contributed by atoms with Crippen LogP contribution in [-0.2, 0) is 15.6 Å². The number of hydrogen-bond acceptors (Lipinski definition) is 3. The summed E-state index contributed by atoms with van der Waals surface area (Å²) in [7, 11) is -1.69. The van der Waals surface area contributed by atoms with Crippen molar-refractivity contribution in [1.29, 1.82) is 0 Å². The van der Waals surface area contributed by atoms with E-state index in [4.69, 9.17) is 0 Å². The SMILES string of the molecule is CC(O)(C(=O)Nc1ccc([S@](=O)c2ccccc2)cc1F)C(F)(F)F. The predicted molar refractivity (Wildman–Crippen MR) is 82.8 cm³/mol. The molecule has 0 saturated carbocycles. The molecule has 0 spiro atoms. The summed E-state index contributed by atoms with van der Waals surface area (Å²) >= 11 is 0. The van der Waals surface area contributed by atoms with Gasteiger partial charge in [0.25, 0.3) is 5.91 Å². The topological polar surface area (TPSA) is 66.4 Å². The highest BCUT2D eigenvalue weighted by Gasteiger charge is 2.55. The van der Waals surface area contributed by atoms with Crippen LogP contribution in [0.25, 0.3) is 0 Å². The Bertz CT molecular complexity index is 807. The molecule has 0 aliphatic heterocycles. The molecule has 2 atom stereocenters. The fourth-order valence-electron chi connectivity index (χ4n) is 1.77. The predicted octanol–water partition coefficient (Wildman–Crippen LogP) is 3.24. The Morgan fingerprint density at radius 1 is 1.08 bits per heavy atom. The van der Waals surface area contributed by atoms with E-state index >= 15 is 0 Å². The maximum Gasteiger partial charge on any atom is 0.426 e. The van der Waals surface area contributed by atoms with E-state index in [-0.39, 0.29) is 11.8 Å². The summed E-state index contributed by atoms with van der Waals surface area (Å²) in [6.07, 6.45) is -5.22. The van der Waals surface area contributed by atoms with E-state index in [2.05, 4.69) is 0 Å². The van der Waals surface area contributed by atoms with Gasteiger partial charge in [-0.05, 0) is 37.3 Å². The Balaban J connectivity index is 2.23. The van der Waals surface area contributed by atoms with Gasteiger partial charge in [-0.25, -0.2) is 8.60 Å². The highest BCUT2D eigenvalue weighted by atomic mass is 32.2. The Morgan fingerprint density at radius 3 is 2.20 bits per heavy atom. The lowest BCUT2D eigenvalue weighted by Crippen LogP contribution is -2.52. The highest BCUT2D eigenvalue weighted by molar-refractivity contribution is 7.85. The fraction of sp³-hybridized carbons (Fsp3) is 0.188. The zero-order valence-electron chi connectivity index (χ0n) is 12.8. The van der Waals surface area contributed by atoms with Crippen LogP contribution in [0, 0.1) is 5.82 Å². The van der Waals surface area contributed by atoms with Gasteiger partial charge in [-0.1, -0.05) is 18.2 Å². The van der Waals surface area contributed by atoms with Gasteiger partial charge in [-0.15, -0.1) is 0 Å². The monoisotopic (exact) mass is 375 g/mol. The minimum absolute atomic E-state index is 0.0734. The standard InChI is InChI=1S/C16H13F4NO3S/c1-15(23,16(18,19)20)14(22)21-13-8-7-11(9-12(13)17)25(24)10-5-3-2-4-6-10/h2-9,23H,1H3,(H,21,22)/t15?,25-/m1/s1. The molecule has 0 bridgehead atoms. The second kappa shape index (κ2) is 6.93. The molecule has 25 heavy (non-hydrogen) atoms. The Kier molecular flexibility index (Phi) is 5.28. The van der Waals surface area contributed by atoms with Gasteiger partial charge in [-0.3, -0.25) is 4.79 Å². The number of alkyl halides is 3. The second-order valence-corrected chi connectivity index (χ2v) is 6.73. The molecule has 1 unspecified atom stereocenters. The van der Waals surface area contributed by atoms with Crippen molar-refractivity contribution in [2.24, 2.45) is 0 Å². The minimum atomic E-state index is -5.22. The molecule has 0 aliphatic rings. The quantitative estimate of drug-likeness (QED) is 0.807. The van der Waals surface area contributed by atoms with Crippen LogP contribution in [-0.4, -0.2) is 27.0 Å². The number of anilines is 1. The van der Waals surface area contributed by atoms with Crippen molar-refractivity contribution >= 4 is 22.4 Å². The second-order valence-electron chi connectivity index (χ2n) is 5.25. The molecule has 0 aromatic heterocycles. The molecule has 0 aliphatic carbocycles. The average Bonchev–Trinajstić information content (AvgIpc) is 2.55. The maximum atomic E-state index is 14.1. The van der Waals surface area contributed by atoms with E-state index in [9.17, 15) is 31.7 Å². The van der Waals surface area contributed by atoms with Crippen LogP contribution in [0.1, 0.15) is 6.92 Å². The van der Waals surface area contributed by atoms with Crippen molar-refractivity contribution in [2.75, 3.05) is 5.32 Å². The molecule has 9 heteroatoms. The molecule has 2 N–H and O–H groups in total. The normalized spacial score (nSPS) is 15.3. The highest BCUT2D eigenvalue weighted by Crippen LogP contribution is 2.31. The lowest BCUT2D eigenvalue weighted by molar-refractivity contribution is -0.242. The first-order chi connectivity index (χ1) is 11.5. The van der Waals surface area contributed by atoms with Crippen LogP contribution in [0.3, 0.4) is 0 Å². The first-order valence-electron chi connectivity index (χ1n) is 6.91. The van der Waals surface area contributed by atoms with Gasteiger partial charge in [0, 0.05) is 9.79 Å². The molecule has 1 amide bonds. The molecule has 2 aromatic carbocycles. The lowest BCUT2D eigenvalue weighted by Gasteiger charge is -2.24. The summed E-state index contributed by atoms with van der Waals surface area (Å²) in [5.74, 6) is -2.90. The molecular formula is C16H13F4NO3S. The third-order valence-electron chi connectivity index (χ3n) is 3.35. The molecule has 0 radical (unpaired) electrons. The van der Waals surface area contributed by atoms with Crippen LogP contribution in [0.5, 0.6) is 0 Å².